The molecule has 1 saturated heterocycles. The summed E-state index contributed by atoms with van der Waals surface area (Å²) in [5.74, 6) is 0. The van der Waals surface area contributed by atoms with Gasteiger partial charge >= 0.3 is 0 Å². The van der Waals surface area contributed by atoms with Gasteiger partial charge in [-0.1, -0.05) is 11.6 Å². The molecular weight excluding hydrogens is 268 g/mol. The van der Waals surface area contributed by atoms with E-state index in [1.807, 2.05) is 0 Å². The highest BCUT2D eigenvalue weighted by atomic mass is 35.5. The fraction of sp³-hybridized carbons (Fsp3) is 0.500. The second kappa shape index (κ2) is 6.29. The van der Waals surface area contributed by atoms with Gasteiger partial charge in [-0.15, -0.1) is 0 Å². The lowest BCUT2D eigenvalue weighted by Crippen LogP contribution is -2.50. The number of benzene rings is 1. The molecule has 0 atom stereocenters. The lowest BCUT2D eigenvalue weighted by Gasteiger charge is -2.32. The maximum atomic E-state index is 10.6. The van der Waals surface area contributed by atoms with Gasteiger partial charge in [0.15, 0.2) is 0 Å². The Kier molecular flexibility index (Phi) is 4.71. The monoisotopic (exact) mass is 284 g/mol. The number of nitro benzene ring substituents is 1. The second-order valence-corrected chi connectivity index (χ2v) is 5.07. The van der Waals surface area contributed by atoms with Crippen LogP contribution in [0, 0.1) is 10.1 Å². The topological polar surface area (TPSA) is 61.6 Å². The van der Waals surface area contributed by atoms with Crippen LogP contribution in [0.3, 0.4) is 0 Å². The zero-order chi connectivity index (χ0) is 13.8. The van der Waals surface area contributed by atoms with Crippen molar-refractivity contribution in [2.75, 3.05) is 33.2 Å². The summed E-state index contributed by atoms with van der Waals surface area (Å²) in [6, 6.07) is 4.57. The third-order valence-corrected chi connectivity index (χ3v) is 3.60. The van der Waals surface area contributed by atoms with E-state index in [2.05, 4.69) is 22.4 Å². The van der Waals surface area contributed by atoms with Gasteiger partial charge in [0.2, 0.25) is 0 Å². The molecule has 7 heteroatoms. The van der Waals surface area contributed by atoms with Crippen LogP contribution in [0.25, 0.3) is 0 Å². The molecule has 1 aromatic carbocycles. The standard InChI is InChI=1S/C12H17ClN4O2/c1-15-4-6-16(7-5-15)14-9-10-2-3-11(17(18)19)8-12(10)13/h2-3,8,14H,4-7,9H2,1H3. The highest BCUT2D eigenvalue weighted by Crippen LogP contribution is 2.22. The number of likely N-dealkylation sites (N-methyl/N-ethyl adjacent to an activating group) is 1. The molecule has 1 aliphatic heterocycles. The molecule has 0 aliphatic carbocycles. The van der Waals surface area contributed by atoms with Crippen LogP contribution in [0.4, 0.5) is 5.69 Å². The van der Waals surface area contributed by atoms with Crippen LogP contribution in [0.1, 0.15) is 5.56 Å². The van der Waals surface area contributed by atoms with Gasteiger partial charge in [-0.2, -0.15) is 0 Å². The Morgan fingerprint density at radius 1 is 1.37 bits per heavy atom. The van der Waals surface area contributed by atoms with E-state index in [4.69, 9.17) is 11.6 Å². The number of non-ortho nitro benzene ring substituents is 1. The van der Waals surface area contributed by atoms with Crippen molar-refractivity contribution in [3.05, 3.63) is 38.9 Å². The molecule has 6 nitrogen and oxygen atoms in total. The van der Waals surface area contributed by atoms with Crippen LogP contribution < -0.4 is 5.43 Å². The molecule has 2 rings (SSSR count). The summed E-state index contributed by atoms with van der Waals surface area (Å²) in [6.45, 7) is 4.56. The zero-order valence-electron chi connectivity index (χ0n) is 10.8. The van der Waals surface area contributed by atoms with E-state index >= 15 is 0 Å². The summed E-state index contributed by atoms with van der Waals surface area (Å²) in [7, 11) is 2.10. The fourth-order valence-electron chi connectivity index (χ4n) is 1.95. The molecule has 104 valence electrons. The first-order chi connectivity index (χ1) is 9.06. The van der Waals surface area contributed by atoms with Crippen LogP contribution in [0.5, 0.6) is 0 Å². The Hall–Kier alpha value is -1.21. The van der Waals surface area contributed by atoms with Gasteiger partial charge in [-0.3, -0.25) is 15.5 Å². The number of nitro groups is 1. The highest BCUT2D eigenvalue weighted by molar-refractivity contribution is 6.31. The first-order valence-electron chi connectivity index (χ1n) is 6.16. The number of halogens is 1. The van der Waals surface area contributed by atoms with E-state index in [1.54, 1.807) is 6.07 Å². The van der Waals surface area contributed by atoms with E-state index in [-0.39, 0.29) is 5.69 Å². The molecule has 1 heterocycles. The van der Waals surface area contributed by atoms with Gasteiger partial charge in [0, 0.05) is 44.9 Å². The maximum absolute atomic E-state index is 10.6. The van der Waals surface area contributed by atoms with Gasteiger partial charge in [-0.25, -0.2) is 5.01 Å². The smallest absolute Gasteiger partial charge is 0.270 e. The molecule has 0 saturated carbocycles. The average molecular weight is 285 g/mol. The van der Waals surface area contributed by atoms with E-state index in [1.165, 1.54) is 12.1 Å². The summed E-state index contributed by atoms with van der Waals surface area (Å²) in [4.78, 5) is 12.5. The third-order valence-electron chi connectivity index (χ3n) is 3.24. The van der Waals surface area contributed by atoms with Gasteiger partial charge in [-0.05, 0) is 18.7 Å². The van der Waals surface area contributed by atoms with Crippen molar-refractivity contribution in [1.82, 2.24) is 15.3 Å². The summed E-state index contributed by atoms with van der Waals surface area (Å²) < 4.78 is 0. The molecule has 0 spiro atoms. The summed E-state index contributed by atoms with van der Waals surface area (Å²) in [6.07, 6.45) is 0. The van der Waals surface area contributed by atoms with Crippen molar-refractivity contribution in [2.45, 2.75) is 6.54 Å². The largest absolute Gasteiger partial charge is 0.304 e. The predicted molar refractivity (Wildman–Crippen MR) is 74.0 cm³/mol. The molecule has 1 aromatic rings. The fourth-order valence-corrected chi connectivity index (χ4v) is 2.20. The number of piperazine rings is 1. The molecular formula is C12H17ClN4O2. The van der Waals surface area contributed by atoms with Crippen LogP contribution in [0.2, 0.25) is 5.02 Å². The Morgan fingerprint density at radius 3 is 2.63 bits per heavy atom. The quantitative estimate of drug-likeness (QED) is 0.671. The highest BCUT2D eigenvalue weighted by Gasteiger charge is 2.14. The minimum absolute atomic E-state index is 0.0216. The number of hydrazine groups is 1. The molecule has 0 unspecified atom stereocenters. The minimum Gasteiger partial charge on any atom is -0.304 e. The SMILES string of the molecule is CN1CCN(NCc2ccc([N+](=O)[O-])cc2Cl)CC1. The number of rotatable bonds is 4. The van der Waals surface area contributed by atoms with Crippen molar-refractivity contribution in [3.63, 3.8) is 0 Å². The van der Waals surface area contributed by atoms with Crippen LogP contribution in [-0.2, 0) is 6.54 Å². The molecule has 0 bridgehead atoms. The normalized spacial score (nSPS) is 17.6. The number of nitrogens with one attached hydrogen (secondary N) is 1. The van der Waals surface area contributed by atoms with Gasteiger partial charge in [0.1, 0.15) is 0 Å². The molecule has 1 N–H and O–H groups in total. The Bertz CT molecular complexity index is 461. The predicted octanol–water partition coefficient (Wildman–Crippen LogP) is 1.50. The Labute approximate surface area is 117 Å². The number of hydrogen-bond donors (Lipinski definition) is 1. The van der Waals surface area contributed by atoms with Gasteiger partial charge < -0.3 is 4.90 Å². The molecule has 1 fully saturated rings. The number of hydrogen-bond acceptors (Lipinski definition) is 5. The maximum Gasteiger partial charge on any atom is 0.270 e. The molecule has 0 radical (unpaired) electrons. The lowest BCUT2D eigenvalue weighted by molar-refractivity contribution is -0.384. The zero-order valence-corrected chi connectivity index (χ0v) is 11.6. The van der Waals surface area contributed by atoms with Crippen LogP contribution in [-0.4, -0.2) is 48.1 Å². The van der Waals surface area contributed by atoms with Crippen molar-refractivity contribution in [2.24, 2.45) is 0 Å². The van der Waals surface area contributed by atoms with Crippen molar-refractivity contribution >= 4 is 17.3 Å². The summed E-state index contributed by atoms with van der Waals surface area (Å²) >= 11 is 6.04. The second-order valence-electron chi connectivity index (χ2n) is 4.66. The first kappa shape index (κ1) is 14.2. The minimum atomic E-state index is -0.441. The van der Waals surface area contributed by atoms with Gasteiger partial charge in [0.05, 0.1) is 9.95 Å². The molecule has 0 aromatic heterocycles. The Balaban J connectivity index is 1.91. The summed E-state index contributed by atoms with van der Waals surface area (Å²) in [5, 5.41) is 13.2. The van der Waals surface area contributed by atoms with Gasteiger partial charge in [0.25, 0.3) is 5.69 Å². The van der Waals surface area contributed by atoms with E-state index in [0.717, 1.165) is 31.7 Å². The van der Waals surface area contributed by atoms with E-state index in [9.17, 15) is 10.1 Å². The molecule has 19 heavy (non-hydrogen) atoms. The Morgan fingerprint density at radius 2 is 2.05 bits per heavy atom. The van der Waals surface area contributed by atoms with E-state index < -0.39 is 4.92 Å². The molecule has 1 aliphatic rings. The molecule has 0 amide bonds. The van der Waals surface area contributed by atoms with Crippen LogP contribution >= 0.6 is 11.6 Å². The van der Waals surface area contributed by atoms with Crippen LogP contribution in [0.15, 0.2) is 18.2 Å². The summed E-state index contributed by atoms with van der Waals surface area (Å²) in [5.41, 5.74) is 4.19. The van der Waals surface area contributed by atoms with Crippen molar-refractivity contribution < 1.29 is 4.92 Å². The number of nitrogens with zero attached hydrogens (tertiary/aromatic N) is 3. The third kappa shape index (κ3) is 3.87. The van der Waals surface area contributed by atoms with Crippen molar-refractivity contribution in [3.8, 4) is 0 Å². The lowest BCUT2D eigenvalue weighted by atomic mass is 10.2. The first-order valence-corrected chi connectivity index (χ1v) is 6.54. The van der Waals surface area contributed by atoms with Crippen molar-refractivity contribution in [1.29, 1.82) is 0 Å². The van der Waals surface area contributed by atoms with E-state index in [0.29, 0.717) is 11.6 Å². The average Bonchev–Trinajstić information content (AvgIpc) is 2.39.